The molecule has 2 N–H and O–H groups in total. The summed E-state index contributed by atoms with van der Waals surface area (Å²) >= 11 is 0. The number of sulfonamides is 1. The molecule has 1 amide bonds. The van der Waals surface area contributed by atoms with Gasteiger partial charge in [0.2, 0.25) is 10.0 Å². The first-order chi connectivity index (χ1) is 16.3. The monoisotopic (exact) mass is 494 g/mol. The maximum atomic E-state index is 12.5. The third kappa shape index (κ3) is 7.02. The van der Waals surface area contributed by atoms with Crippen molar-refractivity contribution in [2.45, 2.75) is 37.1 Å². The van der Waals surface area contributed by atoms with Gasteiger partial charge < -0.3 is 19.4 Å². The number of ether oxygens (including phenoxy) is 1. The maximum absolute atomic E-state index is 12.5. The fourth-order valence-corrected chi connectivity index (χ4v) is 4.41. The molecular formula is C21H26N4O8S. The van der Waals surface area contributed by atoms with Gasteiger partial charge in [-0.2, -0.15) is 4.72 Å². The van der Waals surface area contributed by atoms with Gasteiger partial charge in [0.25, 0.3) is 11.6 Å². The molecule has 1 aromatic heterocycles. The van der Waals surface area contributed by atoms with Gasteiger partial charge in [-0.05, 0) is 37.1 Å². The highest BCUT2D eigenvalue weighted by molar-refractivity contribution is 7.89. The number of nitrogens with zero attached hydrogens (tertiary/aromatic N) is 2. The number of carbonyl (C=O) groups is 2. The Morgan fingerprint density at radius 3 is 2.53 bits per heavy atom. The topological polar surface area (TPSA) is 161 Å². The Balaban J connectivity index is 1.56. The third-order valence-corrected chi connectivity index (χ3v) is 6.63. The number of hydrogen-bond donors (Lipinski definition) is 2. The summed E-state index contributed by atoms with van der Waals surface area (Å²) in [5.41, 5.74) is -0.355. The number of anilines is 1. The molecule has 0 spiro atoms. The van der Waals surface area contributed by atoms with Crippen molar-refractivity contribution in [3.8, 4) is 0 Å². The van der Waals surface area contributed by atoms with Crippen LogP contribution in [0.1, 0.15) is 31.4 Å². The molecule has 0 saturated carbocycles. The van der Waals surface area contributed by atoms with Crippen LogP contribution in [0.3, 0.4) is 0 Å². The second-order valence-electron chi connectivity index (χ2n) is 7.65. The number of rotatable bonds is 10. The maximum Gasteiger partial charge on any atom is 0.321 e. The Bertz CT molecular complexity index is 1110. The van der Waals surface area contributed by atoms with Gasteiger partial charge in [-0.25, -0.2) is 8.42 Å². The van der Waals surface area contributed by atoms with Crippen LogP contribution in [0, 0.1) is 10.1 Å². The van der Waals surface area contributed by atoms with Crippen molar-refractivity contribution in [1.82, 2.24) is 9.62 Å². The SMILES string of the molecule is O=C(CNS(=O)(=O)c1ccc(NCc2ccco2)c([N+](=O)[O-])c1)OCC(=O)N1CCCCCC1. The largest absolute Gasteiger partial charge is 0.467 e. The molecule has 0 aliphatic carbocycles. The first-order valence-corrected chi connectivity index (χ1v) is 12.2. The summed E-state index contributed by atoms with van der Waals surface area (Å²) in [7, 11) is -4.25. The second-order valence-corrected chi connectivity index (χ2v) is 9.42. The highest BCUT2D eigenvalue weighted by Crippen LogP contribution is 2.28. The van der Waals surface area contributed by atoms with E-state index in [4.69, 9.17) is 9.15 Å². The molecule has 0 bridgehead atoms. The molecule has 1 aliphatic heterocycles. The van der Waals surface area contributed by atoms with E-state index in [2.05, 4.69) is 5.32 Å². The molecule has 1 aromatic carbocycles. The zero-order valence-electron chi connectivity index (χ0n) is 18.4. The van der Waals surface area contributed by atoms with Gasteiger partial charge in [-0.3, -0.25) is 19.7 Å². The molecule has 0 unspecified atom stereocenters. The standard InChI is InChI=1S/C21H26N4O8S/c26-20(24-9-3-1-2-4-10-24)15-33-21(27)14-23-34(30,31)17-7-8-18(19(12-17)25(28)29)22-13-16-6-5-11-32-16/h5-8,11-12,22-23H,1-4,9-10,13-15H2. The second kappa shape index (κ2) is 11.6. The number of hydrogen-bond acceptors (Lipinski definition) is 9. The minimum absolute atomic E-state index is 0.104. The van der Waals surface area contributed by atoms with E-state index in [0.29, 0.717) is 18.8 Å². The van der Waals surface area contributed by atoms with Crippen LogP contribution in [0.15, 0.2) is 45.9 Å². The normalized spacial score (nSPS) is 14.3. The lowest BCUT2D eigenvalue weighted by molar-refractivity contribution is -0.384. The zero-order valence-corrected chi connectivity index (χ0v) is 19.2. The molecule has 3 rings (SSSR count). The fourth-order valence-electron chi connectivity index (χ4n) is 3.42. The van der Waals surface area contributed by atoms with Gasteiger partial charge in [0.15, 0.2) is 6.61 Å². The molecule has 13 heteroatoms. The lowest BCUT2D eigenvalue weighted by Crippen LogP contribution is -2.37. The number of esters is 1. The molecule has 2 heterocycles. The summed E-state index contributed by atoms with van der Waals surface area (Å²) in [5, 5.41) is 14.3. The molecular weight excluding hydrogens is 468 g/mol. The molecule has 1 saturated heterocycles. The lowest BCUT2D eigenvalue weighted by atomic mass is 10.2. The summed E-state index contributed by atoms with van der Waals surface area (Å²) in [5.74, 6) is -0.718. The number of nitrogens with one attached hydrogen (secondary N) is 2. The predicted octanol–water partition coefficient (Wildman–Crippen LogP) is 2.02. The van der Waals surface area contributed by atoms with Crippen molar-refractivity contribution < 1.29 is 32.1 Å². The predicted molar refractivity (Wildman–Crippen MR) is 120 cm³/mol. The first-order valence-electron chi connectivity index (χ1n) is 10.7. The summed E-state index contributed by atoms with van der Waals surface area (Å²) < 4.78 is 37.2. The Kier molecular flexibility index (Phi) is 8.60. The molecule has 34 heavy (non-hydrogen) atoms. The van der Waals surface area contributed by atoms with Crippen LogP contribution in [-0.4, -0.2) is 56.4 Å². The quantitative estimate of drug-likeness (QED) is 0.286. The number of furan rings is 1. The summed E-state index contributed by atoms with van der Waals surface area (Å²) in [6, 6.07) is 6.67. The van der Waals surface area contributed by atoms with E-state index in [1.54, 1.807) is 17.0 Å². The average Bonchev–Trinajstić information content (AvgIpc) is 3.19. The number of likely N-dealkylation sites (tertiary alicyclic amines) is 1. The van der Waals surface area contributed by atoms with E-state index < -0.39 is 44.7 Å². The van der Waals surface area contributed by atoms with Crippen molar-refractivity contribution in [2.75, 3.05) is 31.6 Å². The van der Waals surface area contributed by atoms with Crippen LogP contribution in [-0.2, 0) is 30.9 Å². The van der Waals surface area contributed by atoms with Crippen molar-refractivity contribution in [1.29, 1.82) is 0 Å². The minimum atomic E-state index is -4.25. The molecule has 0 radical (unpaired) electrons. The highest BCUT2D eigenvalue weighted by atomic mass is 32.2. The Labute approximate surface area is 196 Å². The van der Waals surface area contributed by atoms with Crippen LogP contribution in [0.2, 0.25) is 0 Å². The van der Waals surface area contributed by atoms with Gasteiger partial charge in [-0.15, -0.1) is 0 Å². The van der Waals surface area contributed by atoms with Gasteiger partial charge in [-0.1, -0.05) is 12.8 Å². The van der Waals surface area contributed by atoms with Crippen molar-refractivity contribution >= 4 is 33.3 Å². The third-order valence-electron chi connectivity index (χ3n) is 5.23. The number of carbonyl (C=O) groups excluding carboxylic acids is 2. The van der Waals surface area contributed by atoms with E-state index in [0.717, 1.165) is 31.7 Å². The summed E-state index contributed by atoms with van der Waals surface area (Å²) in [4.78, 5) is 36.1. The molecule has 0 atom stereocenters. The van der Waals surface area contributed by atoms with Crippen LogP contribution in [0.4, 0.5) is 11.4 Å². The van der Waals surface area contributed by atoms with Crippen LogP contribution < -0.4 is 10.0 Å². The van der Waals surface area contributed by atoms with Gasteiger partial charge in [0.1, 0.15) is 18.0 Å². The number of benzene rings is 1. The molecule has 1 aliphatic rings. The van der Waals surface area contributed by atoms with Crippen molar-refractivity contribution in [3.63, 3.8) is 0 Å². The van der Waals surface area contributed by atoms with Gasteiger partial charge in [0.05, 0.1) is 22.6 Å². The van der Waals surface area contributed by atoms with Crippen molar-refractivity contribution in [3.05, 3.63) is 52.5 Å². The van der Waals surface area contributed by atoms with Crippen LogP contribution in [0.25, 0.3) is 0 Å². The van der Waals surface area contributed by atoms with Gasteiger partial charge >= 0.3 is 5.97 Å². The molecule has 12 nitrogen and oxygen atoms in total. The Morgan fingerprint density at radius 2 is 1.88 bits per heavy atom. The van der Waals surface area contributed by atoms with E-state index in [1.807, 2.05) is 4.72 Å². The average molecular weight is 495 g/mol. The van der Waals surface area contributed by atoms with Crippen molar-refractivity contribution in [2.24, 2.45) is 0 Å². The van der Waals surface area contributed by atoms with Gasteiger partial charge in [0, 0.05) is 19.2 Å². The van der Waals surface area contributed by atoms with E-state index >= 15 is 0 Å². The highest BCUT2D eigenvalue weighted by Gasteiger charge is 2.23. The minimum Gasteiger partial charge on any atom is -0.467 e. The Morgan fingerprint density at radius 1 is 1.15 bits per heavy atom. The smallest absolute Gasteiger partial charge is 0.321 e. The number of amides is 1. The van der Waals surface area contributed by atoms with E-state index in [1.165, 1.54) is 18.4 Å². The molecule has 2 aromatic rings. The number of nitro benzene ring substituents is 1. The molecule has 184 valence electrons. The van der Waals surface area contributed by atoms with Crippen LogP contribution >= 0.6 is 0 Å². The van der Waals surface area contributed by atoms with E-state index in [-0.39, 0.29) is 18.1 Å². The zero-order chi connectivity index (χ0) is 24.6. The fraction of sp³-hybridized carbons (Fsp3) is 0.429. The first kappa shape index (κ1) is 25.2. The summed E-state index contributed by atoms with van der Waals surface area (Å²) in [6.45, 7) is 0.187. The molecule has 1 fully saturated rings. The Hall–Kier alpha value is -3.45. The van der Waals surface area contributed by atoms with Crippen LogP contribution in [0.5, 0.6) is 0 Å². The summed E-state index contributed by atoms with van der Waals surface area (Å²) in [6.07, 6.45) is 5.34. The van der Waals surface area contributed by atoms with E-state index in [9.17, 15) is 28.1 Å². The number of nitro groups is 1. The lowest BCUT2D eigenvalue weighted by Gasteiger charge is -2.19.